The summed E-state index contributed by atoms with van der Waals surface area (Å²) in [6.45, 7) is 11.0. The lowest BCUT2D eigenvalue weighted by molar-refractivity contribution is -0.112. The van der Waals surface area contributed by atoms with Gasteiger partial charge in [-0.25, -0.2) is 18.4 Å². The average Bonchev–Trinajstić information content (AvgIpc) is 2.49. The summed E-state index contributed by atoms with van der Waals surface area (Å²) >= 11 is 0. The van der Waals surface area contributed by atoms with E-state index in [2.05, 4.69) is 25.0 Å². The van der Waals surface area contributed by atoms with Crippen LogP contribution in [0.25, 0.3) is 0 Å². The molecular weight excluding hydrogens is 386 g/mol. The highest BCUT2D eigenvalue weighted by molar-refractivity contribution is 6.76. The number of rotatable bonds is 10. The number of ether oxygens (including phenoxy) is 2. The monoisotopic (exact) mass is 422 g/mol. The number of carbonyl (C=O) groups excluding carboxylic acids is 2. The zero-order chi connectivity index (χ0) is 21.6. The van der Waals surface area contributed by atoms with E-state index >= 15 is 0 Å². The molecule has 1 saturated carbocycles. The van der Waals surface area contributed by atoms with E-state index in [1.165, 1.54) is 4.90 Å². The molecule has 0 radical (unpaired) electrons. The molecule has 0 aromatic carbocycles. The van der Waals surface area contributed by atoms with Crippen LogP contribution < -0.4 is 5.32 Å². The Morgan fingerprint density at radius 3 is 2.39 bits per heavy atom. The Labute approximate surface area is 168 Å². The Kier molecular flexibility index (Phi) is 8.71. The number of alkyl carbamates (subject to hydrolysis) is 1. The van der Waals surface area contributed by atoms with E-state index < -0.39 is 31.8 Å². The van der Waals surface area contributed by atoms with Crippen molar-refractivity contribution in [1.82, 2.24) is 10.2 Å². The zero-order valence-electron chi connectivity index (χ0n) is 18.1. The molecule has 0 saturated heterocycles. The fourth-order valence-electron chi connectivity index (χ4n) is 2.83. The molecule has 1 fully saturated rings. The van der Waals surface area contributed by atoms with E-state index in [9.17, 15) is 18.4 Å². The third-order valence-electron chi connectivity index (χ3n) is 4.70. The third-order valence-corrected chi connectivity index (χ3v) is 6.40. The number of hydrogen-bond donors (Lipinski definition) is 1. The minimum Gasteiger partial charge on any atom is -0.450 e. The standard InChI is InChI=1S/C19H36F2N2O4Si/c1-18(2,14-22-16(24)26-10-11-28(4,5)6)27-17(25)23(3)9-7-8-15-12-19(20,21)13-15/h15H,7-14H2,1-6H3,(H,22,24). The van der Waals surface area contributed by atoms with E-state index in [-0.39, 0.29) is 25.3 Å². The highest BCUT2D eigenvalue weighted by atomic mass is 28.3. The molecule has 164 valence electrons. The SMILES string of the molecule is CN(CCCC1CC(F)(F)C1)C(=O)OC(C)(C)CNC(=O)OCC[Si](C)(C)C. The molecule has 0 aromatic heterocycles. The molecule has 1 aliphatic carbocycles. The molecule has 0 bridgehead atoms. The zero-order valence-corrected chi connectivity index (χ0v) is 19.1. The highest BCUT2D eigenvalue weighted by Crippen LogP contribution is 2.44. The number of nitrogens with one attached hydrogen (secondary N) is 1. The predicted molar refractivity (Wildman–Crippen MR) is 108 cm³/mol. The average molecular weight is 423 g/mol. The predicted octanol–water partition coefficient (Wildman–Crippen LogP) is 4.72. The number of nitrogens with zero attached hydrogens (tertiary/aromatic N) is 1. The molecule has 0 unspecified atom stereocenters. The lowest BCUT2D eigenvalue weighted by Crippen LogP contribution is -2.44. The minimum atomic E-state index is -2.50. The Bertz CT molecular complexity index is 531. The first-order chi connectivity index (χ1) is 12.7. The first-order valence-electron chi connectivity index (χ1n) is 9.92. The topological polar surface area (TPSA) is 67.9 Å². The van der Waals surface area contributed by atoms with Gasteiger partial charge in [-0.05, 0) is 38.7 Å². The van der Waals surface area contributed by atoms with Gasteiger partial charge >= 0.3 is 12.2 Å². The largest absolute Gasteiger partial charge is 0.450 e. The van der Waals surface area contributed by atoms with Crippen molar-refractivity contribution in [2.24, 2.45) is 5.92 Å². The molecule has 1 aliphatic rings. The van der Waals surface area contributed by atoms with Gasteiger partial charge in [0.15, 0.2) is 0 Å². The number of halogens is 2. The number of hydrogen-bond acceptors (Lipinski definition) is 4. The molecule has 0 heterocycles. The van der Waals surface area contributed by atoms with E-state index in [0.717, 1.165) is 6.04 Å². The van der Waals surface area contributed by atoms with E-state index in [4.69, 9.17) is 9.47 Å². The van der Waals surface area contributed by atoms with Gasteiger partial charge in [-0.3, -0.25) is 0 Å². The molecule has 9 heteroatoms. The summed E-state index contributed by atoms with van der Waals surface area (Å²) in [5.41, 5.74) is -0.890. The van der Waals surface area contributed by atoms with E-state index in [1.54, 1.807) is 20.9 Å². The highest BCUT2D eigenvalue weighted by Gasteiger charge is 2.44. The summed E-state index contributed by atoms with van der Waals surface area (Å²) < 4.78 is 36.2. The Balaban J connectivity index is 2.22. The van der Waals surface area contributed by atoms with Crippen molar-refractivity contribution < 1.29 is 27.8 Å². The second-order valence-corrected chi connectivity index (χ2v) is 15.2. The van der Waals surface area contributed by atoms with Crippen LogP contribution in [0.1, 0.15) is 39.5 Å². The van der Waals surface area contributed by atoms with Crippen molar-refractivity contribution in [2.45, 2.75) is 76.7 Å². The Hall–Kier alpha value is -1.38. The number of carbonyl (C=O) groups is 2. The van der Waals surface area contributed by atoms with Crippen molar-refractivity contribution in [3.05, 3.63) is 0 Å². The summed E-state index contributed by atoms with van der Waals surface area (Å²) in [5.74, 6) is -2.45. The van der Waals surface area contributed by atoms with E-state index in [0.29, 0.717) is 26.0 Å². The van der Waals surface area contributed by atoms with Crippen LogP contribution in [-0.4, -0.2) is 63.4 Å². The molecule has 2 amide bonds. The molecule has 0 aliphatic heterocycles. The van der Waals surface area contributed by atoms with Crippen LogP contribution in [-0.2, 0) is 9.47 Å². The van der Waals surface area contributed by atoms with Gasteiger partial charge in [-0.2, -0.15) is 0 Å². The molecule has 0 spiro atoms. The van der Waals surface area contributed by atoms with Crippen LogP contribution in [0.2, 0.25) is 25.7 Å². The van der Waals surface area contributed by atoms with Crippen molar-refractivity contribution in [1.29, 1.82) is 0 Å². The normalized spacial score (nSPS) is 16.9. The first-order valence-corrected chi connectivity index (χ1v) is 13.6. The second kappa shape index (κ2) is 9.89. The summed E-state index contributed by atoms with van der Waals surface area (Å²) in [6, 6.07) is 0.891. The maximum atomic E-state index is 12.8. The van der Waals surface area contributed by atoms with Gasteiger partial charge in [0.25, 0.3) is 0 Å². The van der Waals surface area contributed by atoms with Crippen LogP contribution in [0.3, 0.4) is 0 Å². The number of alkyl halides is 2. The smallest absolute Gasteiger partial charge is 0.410 e. The van der Waals surface area contributed by atoms with Gasteiger partial charge in [-0.15, -0.1) is 0 Å². The summed E-state index contributed by atoms with van der Waals surface area (Å²) in [5, 5.41) is 2.62. The minimum absolute atomic E-state index is 0.0477. The second-order valence-electron chi connectivity index (χ2n) is 9.62. The molecule has 28 heavy (non-hydrogen) atoms. The van der Waals surface area contributed by atoms with Gasteiger partial charge in [0.2, 0.25) is 5.92 Å². The van der Waals surface area contributed by atoms with Crippen molar-refractivity contribution in [3.8, 4) is 0 Å². The molecule has 1 rings (SSSR count). The van der Waals surface area contributed by atoms with Crippen molar-refractivity contribution in [3.63, 3.8) is 0 Å². The van der Waals surface area contributed by atoms with Gasteiger partial charge in [-0.1, -0.05) is 19.6 Å². The number of amides is 2. The first kappa shape index (κ1) is 24.7. The lowest BCUT2D eigenvalue weighted by atomic mass is 9.78. The Morgan fingerprint density at radius 2 is 1.86 bits per heavy atom. The van der Waals surface area contributed by atoms with Crippen molar-refractivity contribution >= 4 is 20.3 Å². The summed E-state index contributed by atoms with van der Waals surface area (Å²) in [7, 11) is 0.357. The van der Waals surface area contributed by atoms with Crippen LogP contribution >= 0.6 is 0 Å². The quantitative estimate of drug-likeness (QED) is 0.517. The molecule has 6 nitrogen and oxygen atoms in total. The van der Waals surface area contributed by atoms with Gasteiger partial charge in [0.05, 0.1) is 13.2 Å². The molecule has 0 atom stereocenters. The summed E-state index contributed by atoms with van der Waals surface area (Å²) in [4.78, 5) is 25.4. The fraction of sp³-hybridized carbons (Fsp3) is 0.895. The van der Waals surface area contributed by atoms with Gasteiger partial charge in [0, 0.05) is 34.5 Å². The van der Waals surface area contributed by atoms with Crippen molar-refractivity contribution in [2.75, 3.05) is 26.7 Å². The molecule has 0 aromatic rings. The van der Waals surface area contributed by atoms with Gasteiger partial charge in [0.1, 0.15) is 5.60 Å². The van der Waals surface area contributed by atoms with Crippen LogP contribution in [0.5, 0.6) is 0 Å². The van der Waals surface area contributed by atoms with Crippen LogP contribution in [0.4, 0.5) is 18.4 Å². The van der Waals surface area contributed by atoms with Crippen LogP contribution in [0, 0.1) is 5.92 Å². The maximum Gasteiger partial charge on any atom is 0.410 e. The third kappa shape index (κ3) is 10.2. The van der Waals surface area contributed by atoms with Gasteiger partial charge < -0.3 is 19.7 Å². The molecule has 1 N–H and O–H groups in total. The lowest BCUT2D eigenvalue weighted by Gasteiger charge is -2.35. The maximum absolute atomic E-state index is 12.8. The fourth-order valence-corrected chi connectivity index (χ4v) is 3.55. The van der Waals surface area contributed by atoms with E-state index in [1.807, 2.05) is 0 Å². The summed E-state index contributed by atoms with van der Waals surface area (Å²) in [6.07, 6.45) is 0.225. The Morgan fingerprint density at radius 1 is 1.25 bits per heavy atom. The van der Waals surface area contributed by atoms with Crippen LogP contribution in [0.15, 0.2) is 0 Å². The molecular formula is C19H36F2N2O4Si.